The number of carboxylic acids is 1. The first-order chi connectivity index (χ1) is 9.54. The van der Waals surface area contributed by atoms with Gasteiger partial charge in [-0.2, -0.15) is 0 Å². The number of hydrogen-bond donors (Lipinski definition) is 3. The van der Waals surface area contributed by atoms with E-state index in [2.05, 4.69) is 10.6 Å². The number of rotatable bonds is 7. The smallest absolute Gasteiger partial charge is 0.306 e. The second kappa shape index (κ2) is 8.55. The molecule has 2 unspecified atom stereocenters. The quantitative estimate of drug-likeness (QED) is 0.647. The normalized spacial score (nSPS) is 22.1. The summed E-state index contributed by atoms with van der Waals surface area (Å²) in [6.45, 7) is 2.93. The molecule has 0 heterocycles. The number of aliphatic carboxylic acids is 1. The SMILES string of the molecule is CCCNC(=O)CCNC(=O)C1CCCC(C(=O)O)C1. The Kier molecular flexibility index (Phi) is 7.04. The van der Waals surface area contributed by atoms with E-state index in [1.807, 2.05) is 6.92 Å². The molecule has 1 fully saturated rings. The zero-order valence-electron chi connectivity index (χ0n) is 12.0. The van der Waals surface area contributed by atoms with Gasteiger partial charge in [-0.1, -0.05) is 13.3 Å². The number of carbonyl (C=O) groups is 3. The van der Waals surface area contributed by atoms with E-state index in [0.717, 1.165) is 19.3 Å². The molecule has 0 aromatic rings. The number of hydrogen-bond acceptors (Lipinski definition) is 3. The van der Waals surface area contributed by atoms with Gasteiger partial charge in [0.2, 0.25) is 11.8 Å². The molecule has 1 aliphatic carbocycles. The van der Waals surface area contributed by atoms with Crippen molar-refractivity contribution in [1.82, 2.24) is 10.6 Å². The van der Waals surface area contributed by atoms with Gasteiger partial charge in [0.15, 0.2) is 0 Å². The summed E-state index contributed by atoms with van der Waals surface area (Å²) in [5, 5.41) is 14.5. The van der Waals surface area contributed by atoms with Gasteiger partial charge in [0.25, 0.3) is 0 Å². The van der Waals surface area contributed by atoms with Crippen LogP contribution in [0.4, 0.5) is 0 Å². The monoisotopic (exact) mass is 284 g/mol. The van der Waals surface area contributed by atoms with Crippen LogP contribution in [-0.4, -0.2) is 36.0 Å². The van der Waals surface area contributed by atoms with Crippen molar-refractivity contribution >= 4 is 17.8 Å². The van der Waals surface area contributed by atoms with E-state index in [4.69, 9.17) is 5.11 Å². The maximum atomic E-state index is 11.9. The standard InChI is InChI=1S/C14H24N2O4/c1-2-7-15-12(17)6-8-16-13(18)10-4-3-5-11(9-10)14(19)20/h10-11H,2-9H2,1H3,(H,15,17)(H,16,18)(H,19,20). The van der Waals surface area contributed by atoms with Crippen LogP contribution in [-0.2, 0) is 14.4 Å². The lowest BCUT2D eigenvalue weighted by Gasteiger charge is -2.25. The molecular formula is C14H24N2O4. The van der Waals surface area contributed by atoms with Gasteiger partial charge in [-0.15, -0.1) is 0 Å². The lowest BCUT2D eigenvalue weighted by atomic mass is 9.81. The third-order valence-electron chi connectivity index (χ3n) is 3.62. The molecule has 6 heteroatoms. The van der Waals surface area contributed by atoms with Crippen molar-refractivity contribution in [3.05, 3.63) is 0 Å². The molecule has 1 saturated carbocycles. The summed E-state index contributed by atoms with van der Waals surface area (Å²) in [4.78, 5) is 34.2. The Hall–Kier alpha value is -1.59. The maximum absolute atomic E-state index is 11.9. The van der Waals surface area contributed by atoms with Gasteiger partial charge in [-0.25, -0.2) is 0 Å². The van der Waals surface area contributed by atoms with Crippen LogP contribution in [0.5, 0.6) is 0 Å². The molecule has 20 heavy (non-hydrogen) atoms. The summed E-state index contributed by atoms with van der Waals surface area (Å²) >= 11 is 0. The summed E-state index contributed by atoms with van der Waals surface area (Å²) in [5.74, 6) is -1.66. The predicted octanol–water partition coefficient (Wildman–Crippen LogP) is 0.910. The largest absolute Gasteiger partial charge is 0.481 e. The van der Waals surface area contributed by atoms with E-state index >= 15 is 0 Å². The van der Waals surface area contributed by atoms with Gasteiger partial charge in [-0.05, 0) is 25.7 Å². The van der Waals surface area contributed by atoms with Crippen molar-refractivity contribution in [3.63, 3.8) is 0 Å². The van der Waals surface area contributed by atoms with Crippen molar-refractivity contribution in [2.75, 3.05) is 13.1 Å². The Balaban J connectivity index is 2.25. The summed E-state index contributed by atoms with van der Waals surface area (Å²) in [7, 11) is 0. The van der Waals surface area contributed by atoms with Crippen molar-refractivity contribution in [3.8, 4) is 0 Å². The zero-order valence-corrected chi connectivity index (χ0v) is 12.0. The lowest BCUT2D eigenvalue weighted by Crippen LogP contribution is -2.37. The van der Waals surface area contributed by atoms with Gasteiger partial charge < -0.3 is 15.7 Å². The highest BCUT2D eigenvalue weighted by Crippen LogP contribution is 2.29. The average Bonchev–Trinajstić information content (AvgIpc) is 2.45. The molecule has 1 aliphatic rings. The van der Waals surface area contributed by atoms with Gasteiger partial charge in [0, 0.05) is 25.4 Å². The van der Waals surface area contributed by atoms with Crippen LogP contribution in [0.1, 0.15) is 45.4 Å². The van der Waals surface area contributed by atoms with Crippen molar-refractivity contribution < 1.29 is 19.5 Å². The topological polar surface area (TPSA) is 95.5 Å². The van der Waals surface area contributed by atoms with Crippen LogP contribution >= 0.6 is 0 Å². The zero-order chi connectivity index (χ0) is 15.0. The van der Waals surface area contributed by atoms with Gasteiger partial charge >= 0.3 is 5.97 Å². The van der Waals surface area contributed by atoms with Crippen LogP contribution in [0, 0.1) is 11.8 Å². The summed E-state index contributed by atoms with van der Waals surface area (Å²) in [6.07, 6.45) is 3.71. The number of nitrogens with one attached hydrogen (secondary N) is 2. The molecule has 0 bridgehead atoms. The van der Waals surface area contributed by atoms with E-state index in [-0.39, 0.29) is 24.2 Å². The number of carbonyl (C=O) groups excluding carboxylic acids is 2. The highest BCUT2D eigenvalue weighted by atomic mass is 16.4. The number of carboxylic acid groups (broad SMARTS) is 1. The minimum Gasteiger partial charge on any atom is -0.481 e. The molecule has 0 aromatic heterocycles. The molecule has 0 spiro atoms. The molecule has 2 atom stereocenters. The van der Waals surface area contributed by atoms with Crippen molar-refractivity contribution in [2.24, 2.45) is 11.8 Å². The Morgan fingerprint density at radius 2 is 1.80 bits per heavy atom. The molecule has 3 N–H and O–H groups in total. The predicted molar refractivity (Wildman–Crippen MR) is 74.0 cm³/mol. The van der Waals surface area contributed by atoms with E-state index in [9.17, 15) is 14.4 Å². The van der Waals surface area contributed by atoms with Gasteiger partial charge in [0.1, 0.15) is 0 Å². The van der Waals surface area contributed by atoms with E-state index in [0.29, 0.717) is 25.9 Å². The van der Waals surface area contributed by atoms with E-state index in [1.165, 1.54) is 0 Å². The number of amides is 2. The van der Waals surface area contributed by atoms with Crippen molar-refractivity contribution in [1.29, 1.82) is 0 Å². The summed E-state index contributed by atoms with van der Waals surface area (Å²) in [5.41, 5.74) is 0. The van der Waals surface area contributed by atoms with Crippen LogP contribution in [0.3, 0.4) is 0 Å². The molecule has 0 radical (unpaired) electrons. The Morgan fingerprint density at radius 3 is 2.45 bits per heavy atom. The summed E-state index contributed by atoms with van der Waals surface area (Å²) in [6, 6.07) is 0. The first-order valence-electron chi connectivity index (χ1n) is 7.31. The third-order valence-corrected chi connectivity index (χ3v) is 3.62. The fourth-order valence-electron chi connectivity index (χ4n) is 2.45. The van der Waals surface area contributed by atoms with Crippen LogP contribution in [0.2, 0.25) is 0 Å². The molecule has 1 rings (SSSR count). The Bertz CT molecular complexity index is 357. The Labute approximate surface area is 119 Å². The molecule has 2 amide bonds. The first kappa shape index (κ1) is 16.5. The second-order valence-electron chi connectivity index (χ2n) is 5.29. The molecule has 6 nitrogen and oxygen atoms in total. The molecule has 0 aromatic carbocycles. The molecule has 0 saturated heterocycles. The minimum atomic E-state index is -0.818. The first-order valence-corrected chi connectivity index (χ1v) is 7.31. The maximum Gasteiger partial charge on any atom is 0.306 e. The highest BCUT2D eigenvalue weighted by molar-refractivity contribution is 5.81. The van der Waals surface area contributed by atoms with Crippen LogP contribution in [0.15, 0.2) is 0 Å². The van der Waals surface area contributed by atoms with Crippen LogP contribution in [0.25, 0.3) is 0 Å². The molecule has 0 aliphatic heterocycles. The molecular weight excluding hydrogens is 260 g/mol. The van der Waals surface area contributed by atoms with E-state index in [1.54, 1.807) is 0 Å². The highest BCUT2D eigenvalue weighted by Gasteiger charge is 2.30. The average molecular weight is 284 g/mol. The fourth-order valence-corrected chi connectivity index (χ4v) is 2.45. The Morgan fingerprint density at radius 1 is 1.10 bits per heavy atom. The van der Waals surface area contributed by atoms with Crippen LogP contribution < -0.4 is 10.6 Å². The second-order valence-corrected chi connectivity index (χ2v) is 5.29. The summed E-state index contributed by atoms with van der Waals surface area (Å²) < 4.78 is 0. The minimum absolute atomic E-state index is 0.0702. The molecule has 114 valence electrons. The van der Waals surface area contributed by atoms with Crippen molar-refractivity contribution in [2.45, 2.75) is 45.4 Å². The lowest BCUT2D eigenvalue weighted by molar-refractivity contribution is -0.144. The third kappa shape index (κ3) is 5.59. The van der Waals surface area contributed by atoms with E-state index < -0.39 is 11.9 Å². The van der Waals surface area contributed by atoms with Gasteiger partial charge in [-0.3, -0.25) is 14.4 Å². The van der Waals surface area contributed by atoms with Gasteiger partial charge in [0.05, 0.1) is 5.92 Å². The fraction of sp³-hybridized carbons (Fsp3) is 0.786.